The van der Waals surface area contributed by atoms with E-state index in [1.54, 1.807) is 0 Å². The van der Waals surface area contributed by atoms with Gasteiger partial charge in [0.15, 0.2) is 0 Å². The van der Waals surface area contributed by atoms with E-state index in [1.165, 1.54) is 63.5 Å². The fraction of sp³-hybridized carbons (Fsp3) is 0.750. The molecule has 8 unspecified atom stereocenters. The maximum absolute atomic E-state index is 5.97. The van der Waals surface area contributed by atoms with Gasteiger partial charge >= 0.3 is 0 Å². The predicted octanol–water partition coefficient (Wildman–Crippen LogP) is 6.72. The number of aromatic nitrogens is 2. The molecule has 0 N–H and O–H groups in total. The molecule has 168 valence electrons. The average Bonchev–Trinajstić information content (AvgIpc) is 3.34. The Hall–Kier alpha value is -1.35. The van der Waals surface area contributed by atoms with E-state index in [2.05, 4.69) is 48.8 Å². The van der Waals surface area contributed by atoms with E-state index in [0.717, 1.165) is 41.8 Å². The first-order chi connectivity index (χ1) is 15.0. The Labute approximate surface area is 188 Å². The summed E-state index contributed by atoms with van der Waals surface area (Å²) in [5, 5.41) is 0. The zero-order valence-electron chi connectivity index (χ0n) is 19.7. The standard InChI is InChI=1S/C28H40N2O/c1-19-11-14-28(18-31-3)20(16-19)7-8-21-22-9-10-24(27(22,2)13-12-23(21)28)25-17-30-15-5-4-6-26(30)29-25/h4-6,15,17,19-24H,7-14,16,18H2,1-3H3. The second kappa shape index (κ2) is 7.33. The van der Waals surface area contributed by atoms with Gasteiger partial charge in [-0.25, -0.2) is 4.98 Å². The van der Waals surface area contributed by atoms with Gasteiger partial charge in [-0.1, -0.05) is 26.3 Å². The van der Waals surface area contributed by atoms with Crippen molar-refractivity contribution < 1.29 is 4.74 Å². The molecule has 0 bridgehead atoms. The van der Waals surface area contributed by atoms with Crippen LogP contribution >= 0.6 is 0 Å². The summed E-state index contributed by atoms with van der Waals surface area (Å²) in [4.78, 5) is 5.09. The first kappa shape index (κ1) is 20.3. The molecule has 0 saturated heterocycles. The molecule has 4 saturated carbocycles. The number of nitrogens with zero attached hydrogens (tertiary/aromatic N) is 2. The van der Waals surface area contributed by atoms with Crippen molar-refractivity contribution in [3.8, 4) is 0 Å². The van der Waals surface area contributed by atoms with Crippen molar-refractivity contribution in [2.45, 2.75) is 77.6 Å². The molecular formula is C28H40N2O. The summed E-state index contributed by atoms with van der Waals surface area (Å²) in [6.45, 7) is 6.12. The van der Waals surface area contributed by atoms with E-state index < -0.39 is 0 Å². The summed E-state index contributed by atoms with van der Waals surface area (Å²) in [6.07, 6.45) is 17.2. The third-order valence-electron chi connectivity index (χ3n) is 10.8. The van der Waals surface area contributed by atoms with Gasteiger partial charge < -0.3 is 9.14 Å². The van der Waals surface area contributed by atoms with E-state index in [1.807, 2.05) is 7.11 Å². The highest BCUT2D eigenvalue weighted by molar-refractivity contribution is 5.40. The van der Waals surface area contributed by atoms with Crippen LogP contribution in [-0.4, -0.2) is 23.1 Å². The SMILES string of the molecule is COCC12CCC(C)CC1CCC1C3CCC(c4cn5ccccc5n4)C3(C)CCC12. The summed E-state index contributed by atoms with van der Waals surface area (Å²) in [7, 11) is 1.95. The quantitative estimate of drug-likeness (QED) is 0.551. The minimum Gasteiger partial charge on any atom is -0.384 e. The topological polar surface area (TPSA) is 26.5 Å². The van der Waals surface area contributed by atoms with Crippen molar-refractivity contribution in [1.82, 2.24) is 9.38 Å². The molecule has 2 aromatic rings. The second-order valence-corrected chi connectivity index (χ2v) is 12.0. The van der Waals surface area contributed by atoms with Crippen LogP contribution in [0.15, 0.2) is 30.6 Å². The number of ether oxygens (including phenoxy) is 1. The first-order valence-electron chi connectivity index (χ1n) is 13.0. The Kier molecular flexibility index (Phi) is 4.80. The highest BCUT2D eigenvalue weighted by atomic mass is 16.5. The molecule has 0 amide bonds. The Morgan fingerprint density at radius 1 is 1.06 bits per heavy atom. The fourth-order valence-electron chi connectivity index (χ4n) is 9.42. The van der Waals surface area contributed by atoms with E-state index in [9.17, 15) is 0 Å². The zero-order valence-corrected chi connectivity index (χ0v) is 19.7. The Bertz CT molecular complexity index is 918. The number of hydrogen-bond donors (Lipinski definition) is 0. The lowest BCUT2D eigenvalue weighted by Gasteiger charge is -2.62. The summed E-state index contributed by atoms with van der Waals surface area (Å²) in [5.74, 6) is 5.09. The van der Waals surface area contributed by atoms with Crippen LogP contribution in [0.5, 0.6) is 0 Å². The average molecular weight is 421 g/mol. The Balaban J connectivity index is 1.32. The monoisotopic (exact) mass is 420 g/mol. The van der Waals surface area contributed by atoms with Crippen molar-refractivity contribution in [1.29, 1.82) is 0 Å². The second-order valence-electron chi connectivity index (χ2n) is 12.0. The van der Waals surface area contributed by atoms with Gasteiger partial charge in [0.25, 0.3) is 0 Å². The Morgan fingerprint density at radius 3 is 2.81 bits per heavy atom. The van der Waals surface area contributed by atoms with Gasteiger partial charge in [-0.15, -0.1) is 0 Å². The van der Waals surface area contributed by atoms with Gasteiger partial charge in [0.1, 0.15) is 5.65 Å². The highest BCUT2D eigenvalue weighted by Gasteiger charge is 2.61. The molecule has 31 heavy (non-hydrogen) atoms. The van der Waals surface area contributed by atoms with Gasteiger partial charge in [-0.2, -0.15) is 0 Å². The molecule has 0 aromatic carbocycles. The minimum absolute atomic E-state index is 0.419. The third-order valence-corrected chi connectivity index (χ3v) is 10.8. The lowest BCUT2D eigenvalue weighted by molar-refractivity contribution is -0.147. The number of imidazole rings is 1. The van der Waals surface area contributed by atoms with Crippen LogP contribution in [0, 0.1) is 40.4 Å². The smallest absolute Gasteiger partial charge is 0.136 e. The maximum atomic E-state index is 5.97. The summed E-state index contributed by atoms with van der Waals surface area (Å²) in [6, 6.07) is 6.37. The molecule has 8 atom stereocenters. The normalized spacial score (nSPS) is 44.6. The molecule has 3 heteroatoms. The summed E-state index contributed by atoms with van der Waals surface area (Å²) in [5.41, 5.74) is 3.34. The lowest BCUT2D eigenvalue weighted by Crippen LogP contribution is -2.56. The van der Waals surface area contributed by atoms with Crippen LogP contribution in [0.3, 0.4) is 0 Å². The molecule has 0 spiro atoms. The van der Waals surface area contributed by atoms with Crippen molar-refractivity contribution >= 4 is 5.65 Å². The molecule has 2 aromatic heterocycles. The Morgan fingerprint density at radius 2 is 1.97 bits per heavy atom. The van der Waals surface area contributed by atoms with E-state index in [0.29, 0.717) is 16.7 Å². The van der Waals surface area contributed by atoms with Crippen LogP contribution in [0.25, 0.3) is 5.65 Å². The molecule has 2 heterocycles. The van der Waals surface area contributed by atoms with Crippen LogP contribution in [0.4, 0.5) is 0 Å². The predicted molar refractivity (Wildman–Crippen MR) is 125 cm³/mol. The molecule has 4 aliphatic rings. The molecule has 0 radical (unpaired) electrons. The van der Waals surface area contributed by atoms with Gasteiger partial charge in [-0.05, 0) is 104 Å². The van der Waals surface area contributed by atoms with Crippen molar-refractivity contribution in [3.63, 3.8) is 0 Å². The molecule has 4 aliphatic carbocycles. The van der Waals surface area contributed by atoms with E-state index >= 15 is 0 Å². The lowest BCUT2D eigenvalue weighted by atomic mass is 9.44. The van der Waals surface area contributed by atoms with Crippen molar-refractivity contribution in [2.24, 2.45) is 40.4 Å². The number of hydrogen-bond acceptors (Lipinski definition) is 2. The van der Waals surface area contributed by atoms with Crippen LogP contribution in [0.1, 0.15) is 83.2 Å². The summed E-state index contributed by atoms with van der Waals surface area (Å²) < 4.78 is 8.20. The van der Waals surface area contributed by atoms with Gasteiger partial charge in [0.05, 0.1) is 12.3 Å². The van der Waals surface area contributed by atoms with Crippen LogP contribution in [-0.2, 0) is 4.74 Å². The van der Waals surface area contributed by atoms with Crippen molar-refractivity contribution in [2.75, 3.05) is 13.7 Å². The highest BCUT2D eigenvalue weighted by Crippen LogP contribution is 2.69. The van der Waals surface area contributed by atoms with Crippen LogP contribution < -0.4 is 0 Å². The van der Waals surface area contributed by atoms with Crippen LogP contribution in [0.2, 0.25) is 0 Å². The fourth-order valence-corrected chi connectivity index (χ4v) is 9.42. The number of rotatable bonds is 3. The molecule has 3 nitrogen and oxygen atoms in total. The van der Waals surface area contributed by atoms with Gasteiger partial charge in [0.2, 0.25) is 0 Å². The number of pyridine rings is 1. The van der Waals surface area contributed by atoms with Gasteiger partial charge in [-0.3, -0.25) is 0 Å². The molecule has 6 rings (SSSR count). The number of fused-ring (bicyclic) bond motifs is 6. The van der Waals surface area contributed by atoms with E-state index in [-0.39, 0.29) is 0 Å². The first-order valence-corrected chi connectivity index (χ1v) is 13.0. The summed E-state index contributed by atoms with van der Waals surface area (Å²) >= 11 is 0. The zero-order chi connectivity index (χ0) is 21.2. The maximum Gasteiger partial charge on any atom is 0.136 e. The molecule has 0 aliphatic heterocycles. The van der Waals surface area contributed by atoms with Gasteiger partial charge in [0, 0.05) is 25.4 Å². The minimum atomic E-state index is 0.419. The molecule has 4 fully saturated rings. The third kappa shape index (κ3) is 2.91. The van der Waals surface area contributed by atoms with Crippen molar-refractivity contribution in [3.05, 3.63) is 36.3 Å². The largest absolute Gasteiger partial charge is 0.384 e. The van der Waals surface area contributed by atoms with E-state index in [4.69, 9.17) is 9.72 Å². The number of methoxy groups -OCH3 is 1. The molecular weight excluding hydrogens is 380 g/mol.